The van der Waals surface area contributed by atoms with Crippen molar-refractivity contribution in [1.82, 2.24) is 4.98 Å². The Morgan fingerprint density at radius 2 is 2.08 bits per heavy atom. The Morgan fingerprint density at radius 3 is 2.83 bits per heavy atom. The number of ether oxygens (including phenoxy) is 1. The van der Waals surface area contributed by atoms with Crippen molar-refractivity contribution in [3.63, 3.8) is 0 Å². The molecule has 2 aromatic carbocycles. The molecule has 1 aromatic heterocycles. The first-order valence-electron chi connectivity index (χ1n) is 7.52. The Morgan fingerprint density at radius 1 is 1.25 bits per heavy atom. The van der Waals surface area contributed by atoms with Crippen LogP contribution >= 0.6 is 11.3 Å². The molecule has 24 heavy (non-hydrogen) atoms. The van der Waals surface area contributed by atoms with Crippen LogP contribution in [0.1, 0.15) is 12.5 Å². The summed E-state index contributed by atoms with van der Waals surface area (Å²) in [5.41, 5.74) is 5.66. The van der Waals surface area contributed by atoms with E-state index in [9.17, 15) is 5.11 Å². The number of anilines is 1. The zero-order valence-electron chi connectivity index (χ0n) is 13.1. The highest BCUT2D eigenvalue weighted by atomic mass is 32.1. The molecule has 0 fully saturated rings. The van der Waals surface area contributed by atoms with Crippen LogP contribution in [0, 0.1) is 0 Å². The molecule has 3 rings (SSSR count). The van der Waals surface area contributed by atoms with E-state index in [0.29, 0.717) is 17.5 Å². The number of hydrogen-bond acceptors (Lipinski definition) is 6. The molecule has 0 radical (unpaired) electrons. The number of benzene rings is 2. The Balaban J connectivity index is 1.64. The molecule has 5 nitrogen and oxygen atoms in total. The van der Waals surface area contributed by atoms with Crippen LogP contribution in [-0.4, -0.2) is 22.9 Å². The molecule has 0 aliphatic rings. The molecule has 0 amide bonds. The van der Waals surface area contributed by atoms with E-state index in [1.165, 1.54) is 11.3 Å². The second-order valence-electron chi connectivity index (χ2n) is 4.93. The Hall–Kier alpha value is -2.86. The van der Waals surface area contributed by atoms with Gasteiger partial charge in [0.25, 0.3) is 0 Å². The number of phenols is 1. The Bertz CT molecular complexity index is 831. The third-order valence-corrected chi connectivity index (χ3v) is 3.98. The van der Waals surface area contributed by atoms with Crippen LogP contribution in [0.3, 0.4) is 0 Å². The van der Waals surface area contributed by atoms with E-state index in [2.05, 4.69) is 15.5 Å². The van der Waals surface area contributed by atoms with E-state index in [1.807, 2.05) is 48.7 Å². The molecular weight excluding hydrogens is 322 g/mol. The van der Waals surface area contributed by atoms with Crippen molar-refractivity contribution in [3.8, 4) is 22.8 Å². The molecule has 0 unspecified atom stereocenters. The molecule has 0 saturated heterocycles. The largest absolute Gasteiger partial charge is 0.504 e. The molecule has 0 aliphatic heterocycles. The topological polar surface area (TPSA) is 66.7 Å². The number of nitrogens with zero attached hydrogens (tertiary/aromatic N) is 2. The standard InChI is InChI=1S/C18H17N3O2S/c1-2-23-17-9-8-13(10-16(17)22)11-19-21-18-20-15(12-24-18)14-6-4-3-5-7-14/h3-12,22H,2H2,1H3,(H,20,21). The molecule has 1 heterocycles. The average Bonchev–Trinajstić information content (AvgIpc) is 3.07. The van der Waals surface area contributed by atoms with Crippen molar-refractivity contribution in [2.24, 2.45) is 5.10 Å². The first kappa shape index (κ1) is 16.0. The van der Waals surface area contributed by atoms with E-state index in [-0.39, 0.29) is 5.75 Å². The molecule has 0 saturated carbocycles. The summed E-state index contributed by atoms with van der Waals surface area (Å²) in [5.74, 6) is 0.566. The first-order chi connectivity index (χ1) is 11.8. The van der Waals surface area contributed by atoms with Gasteiger partial charge in [-0.15, -0.1) is 11.3 Å². The van der Waals surface area contributed by atoms with Gasteiger partial charge in [0.05, 0.1) is 18.5 Å². The second-order valence-corrected chi connectivity index (χ2v) is 5.79. The summed E-state index contributed by atoms with van der Waals surface area (Å²) in [4.78, 5) is 4.49. The minimum atomic E-state index is 0.0985. The number of phenolic OH excluding ortho intramolecular Hbond substituents is 1. The van der Waals surface area contributed by atoms with E-state index in [0.717, 1.165) is 16.8 Å². The van der Waals surface area contributed by atoms with Crippen LogP contribution < -0.4 is 10.2 Å². The van der Waals surface area contributed by atoms with Gasteiger partial charge in [0.1, 0.15) is 0 Å². The number of aromatic nitrogens is 1. The van der Waals surface area contributed by atoms with E-state index in [1.54, 1.807) is 18.3 Å². The van der Waals surface area contributed by atoms with Crippen LogP contribution in [0.5, 0.6) is 11.5 Å². The number of rotatable bonds is 6. The Labute approximate surface area is 144 Å². The molecule has 6 heteroatoms. The van der Waals surface area contributed by atoms with Crippen molar-refractivity contribution in [3.05, 3.63) is 59.5 Å². The Kier molecular flexibility index (Phi) is 5.08. The second kappa shape index (κ2) is 7.61. The smallest absolute Gasteiger partial charge is 0.203 e. The fourth-order valence-electron chi connectivity index (χ4n) is 2.12. The molecule has 2 N–H and O–H groups in total. The van der Waals surface area contributed by atoms with Crippen LogP contribution in [0.15, 0.2) is 59.0 Å². The lowest BCUT2D eigenvalue weighted by molar-refractivity contribution is 0.318. The van der Waals surface area contributed by atoms with E-state index in [4.69, 9.17) is 4.74 Å². The van der Waals surface area contributed by atoms with Gasteiger partial charge in [-0.2, -0.15) is 5.10 Å². The molecule has 0 atom stereocenters. The number of hydrazone groups is 1. The molecule has 0 bridgehead atoms. The summed E-state index contributed by atoms with van der Waals surface area (Å²) in [7, 11) is 0. The molecule has 122 valence electrons. The fourth-order valence-corrected chi connectivity index (χ4v) is 2.79. The first-order valence-corrected chi connectivity index (χ1v) is 8.40. The number of thiazole rings is 1. The van der Waals surface area contributed by atoms with Crippen LogP contribution in [0.2, 0.25) is 0 Å². The highest BCUT2D eigenvalue weighted by Gasteiger charge is 2.04. The van der Waals surface area contributed by atoms with E-state index >= 15 is 0 Å². The van der Waals surface area contributed by atoms with Gasteiger partial charge in [-0.05, 0) is 30.7 Å². The van der Waals surface area contributed by atoms with Gasteiger partial charge in [-0.25, -0.2) is 4.98 Å². The number of hydrogen-bond donors (Lipinski definition) is 2. The highest BCUT2D eigenvalue weighted by molar-refractivity contribution is 7.14. The SMILES string of the molecule is CCOc1ccc(C=NNc2nc(-c3ccccc3)cs2)cc1O. The summed E-state index contributed by atoms with van der Waals surface area (Å²) in [6.45, 7) is 2.38. The minimum Gasteiger partial charge on any atom is -0.504 e. The third-order valence-electron chi connectivity index (χ3n) is 3.23. The van der Waals surface area contributed by atoms with Crippen molar-refractivity contribution in [2.45, 2.75) is 6.92 Å². The fraction of sp³-hybridized carbons (Fsp3) is 0.111. The van der Waals surface area contributed by atoms with Crippen LogP contribution in [0.4, 0.5) is 5.13 Å². The number of aromatic hydroxyl groups is 1. The zero-order chi connectivity index (χ0) is 16.8. The van der Waals surface area contributed by atoms with Crippen molar-refractivity contribution in [2.75, 3.05) is 12.0 Å². The van der Waals surface area contributed by atoms with Gasteiger partial charge >= 0.3 is 0 Å². The van der Waals surface area contributed by atoms with Gasteiger partial charge in [-0.3, -0.25) is 5.43 Å². The van der Waals surface area contributed by atoms with Gasteiger partial charge in [0.2, 0.25) is 5.13 Å². The lowest BCUT2D eigenvalue weighted by atomic mass is 10.2. The molecule has 0 aliphatic carbocycles. The summed E-state index contributed by atoms with van der Waals surface area (Å²) in [6, 6.07) is 15.1. The summed E-state index contributed by atoms with van der Waals surface area (Å²) in [6.07, 6.45) is 1.62. The molecular formula is C18H17N3O2S. The van der Waals surface area contributed by atoms with Gasteiger partial charge < -0.3 is 9.84 Å². The van der Waals surface area contributed by atoms with Crippen LogP contribution in [-0.2, 0) is 0 Å². The van der Waals surface area contributed by atoms with Crippen molar-refractivity contribution >= 4 is 22.7 Å². The maximum absolute atomic E-state index is 9.85. The summed E-state index contributed by atoms with van der Waals surface area (Å²) < 4.78 is 5.29. The predicted molar refractivity (Wildman–Crippen MR) is 98.0 cm³/mol. The lowest BCUT2D eigenvalue weighted by Gasteiger charge is -2.05. The minimum absolute atomic E-state index is 0.0985. The van der Waals surface area contributed by atoms with Gasteiger partial charge in [-0.1, -0.05) is 30.3 Å². The quantitative estimate of drug-likeness (QED) is 0.517. The zero-order valence-corrected chi connectivity index (χ0v) is 14.0. The maximum atomic E-state index is 9.85. The third kappa shape index (κ3) is 3.91. The summed E-state index contributed by atoms with van der Waals surface area (Å²) in [5, 5.41) is 16.7. The van der Waals surface area contributed by atoms with Crippen molar-refractivity contribution < 1.29 is 9.84 Å². The monoisotopic (exact) mass is 339 g/mol. The molecule has 0 spiro atoms. The lowest BCUT2D eigenvalue weighted by Crippen LogP contribution is -1.93. The van der Waals surface area contributed by atoms with Gasteiger partial charge in [0, 0.05) is 10.9 Å². The van der Waals surface area contributed by atoms with Crippen molar-refractivity contribution in [1.29, 1.82) is 0 Å². The highest BCUT2D eigenvalue weighted by Crippen LogP contribution is 2.26. The van der Waals surface area contributed by atoms with Gasteiger partial charge in [0.15, 0.2) is 11.5 Å². The van der Waals surface area contributed by atoms with E-state index < -0.39 is 0 Å². The molecule has 3 aromatic rings. The summed E-state index contributed by atoms with van der Waals surface area (Å²) >= 11 is 1.49. The van der Waals surface area contributed by atoms with Crippen LogP contribution in [0.25, 0.3) is 11.3 Å². The normalized spacial score (nSPS) is 10.9. The average molecular weight is 339 g/mol. The number of nitrogens with one attached hydrogen (secondary N) is 1. The maximum Gasteiger partial charge on any atom is 0.203 e. The predicted octanol–water partition coefficient (Wildman–Crippen LogP) is 4.36.